The third kappa shape index (κ3) is 5.28. The first-order valence-corrected chi connectivity index (χ1v) is 14.2. The summed E-state index contributed by atoms with van der Waals surface area (Å²) in [7, 11) is -3.80. The van der Waals surface area contributed by atoms with E-state index in [1.54, 1.807) is 23.1 Å². The molecule has 1 amide bonds. The molecule has 1 fully saturated rings. The number of nitrogens with one attached hydrogen (secondary N) is 1. The van der Waals surface area contributed by atoms with Gasteiger partial charge in [-0.15, -0.1) is 0 Å². The van der Waals surface area contributed by atoms with Gasteiger partial charge < -0.3 is 14.2 Å². The van der Waals surface area contributed by atoms with Gasteiger partial charge >= 0.3 is 0 Å². The molecule has 1 saturated heterocycles. The molecule has 1 aromatic heterocycles. The maximum Gasteiger partial charge on any atom is 0.258 e. The van der Waals surface area contributed by atoms with Crippen LogP contribution >= 0.6 is 0 Å². The molecular weight excluding hydrogens is 506 g/mol. The topological polar surface area (TPSA) is 138 Å². The zero-order valence-electron chi connectivity index (χ0n) is 21.5. The second-order valence-electron chi connectivity index (χ2n) is 10.2. The first kappa shape index (κ1) is 25.9. The largest absolute Gasteiger partial charge is 0.490 e. The first-order chi connectivity index (χ1) is 18.1. The highest BCUT2D eigenvalue weighted by Gasteiger charge is 2.33. The Balaban J connectivity index is 1.34. The molecule has 0 bridgehead atoms. The van der Waals surface area contributed by atoms with Gasteiger partial charge in [0.1, 0.15) is 17.6 Å². The molecule has 5 rings (SSSR count). The summed E-state index contributed by atoms with van der Waals surface area (Å²) in [6.07, 6.45) is 1.12. The van der Waals surface area contributed by atoms with Crippen LogP contribution in [0, 0.1) is 17.2 Å². The van der Waals surface area contributed by atoms with Crippen LogP contribution in [0.15, 0.2) is 40.9 Å². The average molecular weight is 536 g/mol. The van der Waals surface area contributed by atoms with Gasteiger partial charge in [-0.05, 0) is 61.9 Å². The summed E-state index contributed by atoms with van der Waals surface area (Å²) in [5, 5.41) is 13.7. The minimum absolute atomic E-state index is 0.0683. The maximum atomic E-state index is 12.8. The van der Waals surface area contributed by atoms with Crippen LogP contribution in [0.25, 0.3) is 22.8 Å². The molecule has 1 N–H and O–H groups in total. The lowest BCUT2D eigenvalue weighted by molar-refractivity contribution is -0.134. The number of likely N-dealkylation sites (tertiary alicyclic amines) is 1. The Hall–Kier alpha value is -3.75. The molecule has 1 aliphatic heterocycles. The Labute approximate surface area is 221 Å². The number of carbonyl (C=O) groups excluding carboxylic acids is 1. The monoisotopic (exact) mass is 535 g/mol. The predicted octanol–water partition coefficient (Wildman–Crippen LogP) is 3.45. The number of hydrogen-bond acceptors (Lipinski definition) is 8. The third-order valence-corrected chi connectivity index (χ3v) is 7.97. The number of nitrogens with zero attached hydrogens (tertiary/aromatic N) is 4. The summed E-state index contributed by atoms with van der Waals surface area (Å²) >= 11 is 0. The van der Waals surface area contributed by atoms with E-state index in [2.05, 4.69) is 20.9 Å². The number of nitriles is 1. The summed E-state index contributed by atoms with van der Waals surface area (Å²) in [5.74, 6) is 0.618. The van der Waals surface area contributed by atoms with Crippen LogP contribution in [-0.2, 0) is 21.2 Å². The van der Waals surface area contributed by atoms with Crippen LogP contribution in [0.3, 0.4) is 0 Å². The van der Waals surface area contributed by atoms with Gasteiger partial charge in [0, 0.05) is 30.3 Å². The van der Waals surface area contributed by atoms with Crippen LogP contribution in [0.5, 0.6) is 5.75 Å². The van der Waals surface area contributed by atoms with Crippen LogP contribution in [0.4, 0.5) is 0 Å². The Bertz CT molecular complexity index is 1520. The lowest BCUT2D eigenvalue weighted by Crippen LogP contribution is -2.51. The molecule has 2 heterocycles. The number of sulfonamides is 1. The van der Waals surface area contributed by atoms with Crippen molar-refractivity contribution in [3.05, 3.63) is 53.1 Å². The van der Waals surface area contributed by atoms with Crippen molar-refractivity contribution >= 4 is 15.9 Å². The van der Waals surface area contributed by atoms with Gasteiger partial charge in [0.2, 0.25) is 21.8 Å². The molecule has 11 heteroatoms. The van der Waals surface area contributed by atoms with Crippen LogP contribution in [0.1, 0.15) is 49.9 Å². The number of hydrogen-bond donors (Lipinski definition) is 1. The van der Waals surface area contributed by atoms with Gasteiger partial charge in [0.15, 0.2) is 0 Å². The number of aromatic nitrogens is 2. The third-order valence-electron chi connectivity index (χ3n) is 6.70. The fourth-order valence-corrected chi connectivity index (χ4v) is 6.23. The van der Waals surface area contributed by atoms with E-state index in [4.69, 9.17) is 9.26 Å². The molecule has 0 unspecified atom stereocenters. The van der Waals surface area contributed by atoms with Crippen LogP contribution < -0.4 is 9.46 Å². The van der Waals surface area contributed by atoms with Crippen LogP contribution in [-0.4, -0.2) is 54.3 Å². The number of rotatable bonds is 8. The van der Waals surface area contributed by atoms with Gasteiger partial charge in [-0.2, -0.15) is 10.2 Å². The maximum absolute atomic E-state index is 12.8. The first-order valence-electron chi connectivity index (χ1n) is 12.6. The number of amides is 1. The zero-order chi connectivity index (χ0) is 27.0. The van der Waals surface area contributed by atoms with Crippen molar-refractivity contribution in [2.75, 3.05) is 18.8 Å². The number of benzene rings is 2. The van der Waals surface area contributed by atoms with Crippen LogP contribution in [0.2, 0.25) is 0 Å². The Morgan fingerprint density at radius 1 is 1.29 bits per heavy atom. The van der Waals surface area contributed by atoms with Gasteiger partial charge in [-0.1, -0.05) is 30.3 Å². The molecule has 2 aromatic carbocycles. The second kappa shape index (κ2) is 10.2. The van der Waals surface area contributed by atoms with E-state index >= 15 is 0 Å². The van der Waals surface area contributed by atoms with Crippen molar-refractivity contribution in [1.29, 1.82) is 5.26 Å². The Morgan fingerprint density at radius 3 is 2.79 bits per heavy atom. The molecule has 198 valence electrons. The summed E-state index contributed by atoms with van der Waals surface area (Å²) in [4.78, 5) is 18.5. The van der Waals surface area contributed by atoms with Crippen molar-refractivity contribution < 1.29 is 22.5 Å². The zero-order valence-corrected chi connectivity index (χ0v) is 22.3. The van der Waals surface area contributed by atoms with E-state index in [0.717, 1.165) is 16.7 Å². The number of fused-ring (bicyclic) bond motifs is 1. The summed E-state index contributed by atoms with van der Waals surface area (Å²) in [6, 6.07) is 12.4. The molecular formula is C27H29N5O5S. The van der Waals surface area contributed by atoms with Gasteiger partial charge in [-0.25, -0.2) is 13.1 Å². The van der Waals surface area contributed by atoms with E-state index in [-0.39, 0.29) is 17.9 Å². The Kier molecular flexibility index (Phi) is 6.94. The normalized spacial score (nSPS) is 17.2. The van der Waals surface area contributed by atoms with E-state index in [9.17, 15) is 18.5 Å². The quantitative estimate of drug-likeness (QED) is 0.463. The summed E-state index contributed by atoms with van der Waals surface area (Å²) in [6.45, 7) is 7.01. The van der Waals surface area contributed by atoms with Gasteiger partial charge in [0.25, 0.3) is 5.89 Å². The van der Waals surface area contributed by atoms with Crippen molar-refractivity contribution in [3.63, 3.8) is 0 Å². The van der Waals surface area contributed by atoms with Crippen molar-refractivity contribution in [2.24, 2.45) is 5.92 Å². The smallest absolute Gasteiger partial charge is 0.258 e. The van der Waals surface area contributed by atoms with E-state index < -0.39 is 21.8 Å². The van der Waals surface area contributed by atoms with Crippen molar-refractivity contribution in [1.82, 2.24) is 19.8 Å². The second-order valence-corrected chi connectivity index (χ2v) is 11.9. The van der Waals surface area contributed by atoms with Gasteiger partial charge in [0.05, 0.1) is 11.7 Å². The number of ether oxygens (including phenoxy) is 1. The fraction of sp³-hybridized carbons (Fsp3) is 0.407. The molecule has 0 radical (unpaired) electrons. The lowest BCUT2D eigenvalue weighted by atomic mass is 10.0. The molecule has 3 aromatic rings. The Morgan fingerprint density at radius 2 is 2.08 bits per heavy atom. The predicted molar refractivity (Wildman–Crippen MR) is 139 cm³/mol. The highest BCUT2D eigenvalue weighted by atomic mass is 32.2. The highest BCUT2D eigenvalue weighted by molar-refractivity contribution is 7.90. The number of carbonyl (C=O) groups is 1. The van der Waals surface area contributed by atoms with E-state index in [1.807, 2.05) is 39.0 Å². The van der Waals surface area contributed by atoms with Crippen molar-refractivity contribution in [2.45, 2.75) is 45.8 Å². The summed E-state index contributed by atoms with van der Waals surface area (Å²) < 4.78 is 39.4. The van der Waals surface area contributed by atoms with Crippen molar-refractivity contribution in [3.8, 4) is 34.7 Å². The highest BCUT2D eigenvalue weighted by Crippen LogP contribution is 2.38. The molecule has 1 aliphatic carbocycles. The molecule has 10 nitrogen and oxygen atoms in total. The van der Waals surface area contributed by atoms with E-state index in [1.165, 1.54) is 0 Å². The molecule has 0 saturated carbocycles. The van der Waals surface area contributed by atoms with E-state index in [0.29, 0.717) is 54.5 Å². The SMILES string of the molecule is CC1CN(C(=O)CS(=O)(=O)N[C@@H]2CCc3c(-c4noc(-c5ccc(OC(C)C)c(C#N)c5)n4)cccc32)C1. The van der Waals surface area contributed by atoms with Gasteiger partial charge in [-0.3, -0.25) is 4.79 Å². The molecule has 1 atom stereocenters. The molecule has 38 heavy (non-hydrogen) atoms. The lowest BCUT2D eigenvalue weighted by Gasteiger charge is -2.37. The fourth-order valence-electron chi connectivity index (χ4n) is 4.96. The minimum atomic E-state index is -3.80. The standard InChI is InChI=1S/C27H29N5O5S/c1-16(2)36-24-10-7-18(11-19(24)12-28)27-29-26(30-37-27)22-6-4-5-21-20(22)8-9-23(21)31-38(34,35)15-25(33)32-13-17(3)14-32/h4-7,10-11,16-17,23,31H,8-9,13-15H2,1-3H3/t23-/m1/s1. The molecule has 0 spiro atoms. The minimum Gasteiger partial charge on any atom is -0.490 e. The summed E-state index contributed by atoms with van der Waals surface area (Å²) in [5.41, 5.74) is 3.49. The molecule has 2 aliphatic rings. The average Bonchev–Trinajstić information content (AvgIpc) is 3.49.